The number of pyridine rings is 1. The highest BCUT2D eigenvalue weighted by Crippen LogP contribution is 2.40. The second-order valence-electron chi connectivity index (χ2n) is 8.94. The lowest BCUT2D eigenvalue weighted by molar-refractivity contribution is 0.0950. The highest BCUT2D eigenvalue weighted by molar-refractivity contribution is 7.11. The van der Waals surface area contributed by atoms with Gasteiger partial charge in [-0.1, -0.05) is 6.08 Å². The van der Waals surface area contributed by atoms with Crippen LogP contribution in [0, 0.1) is 26.7 Å². The third-order valence-electron chi connectivity index (χ3n) is 6.64. The first kappa shape index (κ1) is 23.5. The summed E-state index contributed by atoms with van der Waals surface area (Å²) < 4.78 is 0. The van der Waals surface area contributed by atoms with Crippen molar-refractivity contribution < 1.29 is 4.79 Å². The molecule has 2 aromatic rings. The van der Waals surface area contributed by atoms with E-state index in [1.807, 2.05) is 32.2 Å². The third-order valence-corrected chi connectivity index (χ3v) is 7.77. The third kappa shape index (κ3) is 5.18. The summed E-state index contributed by atoms with van der Waals surface area (Å²) in [6.45, 7) is 8.15. The first-order valence-corrected chi connectivity index (χ1v) is 12.0. The molecule has 0 aliphatic heterocycles. The lowest BCUT2D eigenvalue weighted by Crippen LogP contribution is -2.32. The Morgan fingerprint density at radius 2 is 1.90 bits per heavy atom. The number of aromatic amines is 1. The number of aryl methyl sites for hydroxylation is 2. The molecule has 5 nitrogen and oxygen atoms in total. The van der Waals surface area contributed by atoms with E-state index in [4.69, 9.17) is 0 Å². The van der Waals surface area contributed by atoms with E-state index in [9.17, 15) is 9.59 Å². The molecule has 31 heavy (non-hydrogen) atoms. The Kier molecular flexibility index (Phi) is 7.55. The molecule has 0 unspecified atom stereocenters. The number of H-pyrrole nitrogens is 1. The van der Waals surface area contributed by atoms with Crippen LogP contribution in [0.3, 0.4) is 0 Å². The number of nitrogens with zero attached hydrogens (tertiary/aromatic N) is 1. The number of carbonyl (C=O) groups excluding carboxylic acids is 1. The van der Waals surface area contributed by atoms with Gasteiger partial charge in [0.1, 0.15) is 0 Å². The van der Waals surface area contributed by atoms with Crippen molar-refractivity contribution in [2.24, 2.45) is 5.92 Å². The first-order chi connectivity index (χ1) is 14.7. The maximum atomic E-state index is 12.9. The average Bonchev–Trinajstić information content (AvgIpc) is 3.09. The molecule has 2 heterocycles. The summed E-state index contributed by atoms with van der Waals surface area (Å²) >= 11 is 1.66. The highest BCUT2D eigenvalue weighted by atomic mass is 32.1. The van der Waals surface area contributed by atoms with Gasteiger partial charge in [0.15, 0.2) is 0 Å². The van der Waals surface area contributed by atoms with E-state index in [2.05, 4.69) is 42.3 Å². The van der Waals surface area contributed by atoms with Crippen LogP contribution in [0.5, 0.6) is 0 Å². The molecule has 0 bridgehead atoms. The Balaban J connectivity index is 1.72. The summed E-state index contributed by atoms with van der Waals surface area (Å²) in [6.07, 6.45) is 7.05. The van der Waals surface area contributed by atoms with Gasteiger partial charge in [-0.25, -0.2) is 0 Å². The fourth-order valence-corrected chi connectivity index (χ4v) is 5.97. The lowest BCUT2D eigenvalue weighted by Gasteiger charge is -2.33. The fraction of sp³-hybridized carbons (Fsp3) is 0.520. The van der Waals surface area contributed by atoms with Crippen molar-refractivity contribution in [1.82, 2.24) is 15.2 Å². The topological polar surface area (TPSA) is 65.2 Å². The van der Waals surface area contributed by atoms with Gasteiger partial charge in [-0.3, -0.25) is 9.59 Å². The number of allylic oxidation sites excluding steroid dienone is 2. The molecule has 0 spiro atoms. The normalized spacial score (nSPS) is 19.6. The molecule has 0 atom stereocenters. The van der Waals surface area contributed by atoms with Gasteiger partial charge in [-0.15, -0.1) is 11.3 Å². The number of hydrogen-bond donors (Lipinski definition) is 2. The van der Waals surface area contributed by atoms with Crippen LogP contribution in [0.1, 0.15) is 70.2 Å². The van der Waals surface area contributed by atoms with E-state index in [-0.39, 0.29) is 18.0 Å². The summed E-state index contributed by atoms with van der Waals surface area (Å²) in [5, 5.41) is 4.91. The Hall–Kier alpha value is -2.18. The maximum absolute atomic E-state index is 12.9. The molecule has 2 N–H and O–H groups in total. The quantitative estimate of drug-likeness (QED) is 0.676. The van der Waals surface area contributed by atoms with Crippen LogP contribution in [0.4, 0.5) is 0 Å². The van der Waals surface area contributed by atoms with E-state index in [1.54, 1.807) is 11.3 Å². The van der Waals surface area contributed by atoms with Crippen LogP contribution < -0.4 is 10.9 Å². The smallest absolute Gasteiger partial charge is 0.253 e. The van der Waals surface area contributed by atoms with E-state index in [0.29, 0.717) is 23.1 Å². The van der Waals surface area contributed by atoms with E-state index in [1.165, 1.54) is 36.1 Å². The molecule has 3 rings (SSSR count). The molecule has 1 amide bonds. The molecule has 1 aliphatic carbocycles. The molecule has 0 saturated heterocycles. The average molecular weight is 442 g/mol. The number of rotatable bonds is 6. The number of hydrogen-bond acceptors (Lipinski definition) is 4. The Morgan fingerprint density at radius 1 is 1.23 bits per heavy atom. The van der Waals surface area contributed by atoms with Crippen molar-refractivity contribution in [3.05, 3.63) is 60.7 Å². The van der Waals surface area contributed by atoms with Gasteiger partial charge in [0.2, 0.25) is 0 Å². The van der Waals surface area contributed by atoms with Crippen molar-refractivity contribution in [1.29, 1.82) is 0 Å². The molecule has 1 aliphatic rings. The zero-order chi connectivity index (χ0) is 22.7. The molecule has 168 valence electrons. The van der Waals surface area contributed by atoms with Crippen LogP contribution in [0.15, 0.2) is 22.3 Å². The minimum Gasteiger partial charge on any atom is -0.348 e. The molecule has 1 fully saturated rings. The number of carbonyl (C=O) groups is 1. The number of nitrogens with one attached hydrogen (secondary N) is 2. The molecule has 0 radical (unpaired) electrons. The van der Waals surface area contributed by atoms with Crippen LogP contribution in [-0.2, 0) is 6.54 Å². The summed E-state index contributed by atoms with van der Waals surface area (Å²) in [6, 6.07) is 2.61. The van der Waals surface area contributed by atoms with Crippen molar-refractivity contribution >= 4 is 22.8 Å². The molecule has 0 aromatic carbocycles. The van der Waals surface area contributed by atoms with Crippen LogP contribution >= 0.6 is 11.3 Å². The Bertz CT molecular complexity index is 1020. The van der Waals surface area contributed by atoms with Crippen molar-refractivity contribution in [3.63, 3.8) is 0 Å². The van der Waals surface area contributed by atoms with Crippen LogP contribution in [0.25, 0.3) is 5.57 Å². The van der Waals surface area contributed by atoms with Gasteiger partial charge in [-0.05, 0) is 96.2 Å². The van der Waals surface area contributed by atoms with Gasteiger partial charge in [0, 0.05) is 34.1 Å². The van der Waals surface area contributed by atoms with Gasteiger partial charge in [0.05, 0.1) is 5.56 Å². The van der Waals surface area contributed by atoms with Crippen molar-refractivity contribution in [3.8, 4) is 0 Å². The van der Waals surface area contributed by atoms with Gasteiger partial charge in [-0.2, -0.15) is 0 Å². The summed E-state index contributed by atoms with van der Waals surface area (Å²) in [4.78, 5) is 31.5. The molecular weight excluding hydrogens is 406 g/mol. The first-order valence-electron chi connectivity index (χ1n) is 11.1. The monoisotopic (exact) mass is 441 g/mol. The second kappa shape index (κ2) is 9.96. The Labute approximate surface area is 189 Å². The van der Waals surface area contributed by atoms with Gasteiger partial charge >= 0.3 is 0 Å². The minimum atomic E-state index is -0.134. The van der Waals surface area contributed by atoms with E-state index in [0.717, 1.165) is 16.8 Å². The second-order valence-corrected chi connectivity index (χ2v) is 9.82. The number of aromatic nitrogens is 1. The molecule has 6 heteroatoms. The van der Waals surface area contributed by atoms with Crippen LogP contribution in [0.2, 0.25) is 0 Å². The van der Waals surface area contributed by atoms with E-state index < -0.39 is 0 Å². The molecular formula is C25H35N3O2S. The molecule has 1 saturated carbocycles. The predicted octanol–water partition coefficient (Wildman–Crippen LogP) is 4.82. The minimum absolute atomic E-state index is 0.119. The van der Waals surface area contributed by atoms with Gasteiger partial charge < -0.3 is 15.2 Å². The predicted molar refractivity (Wildman–Crippen MR) is 130 cm³/mol. The summed E-state index contributed by atoms with van der Waals surface area (Å²) in [7, 11) is 4.34. The summed E-state index contributed by atoms with van der Waals surface area (Å²) in [5.74, 6) is 0.439. The zero-order valence-electron chi connectivity index (χ0n) is 19.6. The molecule has 2 aromatic heterocycles. The highest BCUT2D eigenvalue weighted by Gasteiger charge is 2.27. The SMILES string of the molecule is C/C=C(/c1scc(C(=O)NCc2c(C)cc(C)[nH]c2=O)c1C)C1CCC(N(C)C)CC1. The number of amides is 1. The van der Waals surface area contributed by atoms with Crippen molar-refractivity contribution in [2.75, 3.05) is 14.1 Å². The largest absolute Gasteiger partial charge is 0.348 e. The Morgan fingerprint density at radius 3 is 2.48 bits per heavy atom. The van der Waals surface area contributed by atoms with E-state index >= 15 is 0 Å². The maximum Gasteiger partial charge on any atom is 0.253 e. The fourth-order valence-electron chi connectivity index (χ4n) is 4.75. The van der Waals surface area contributed by atoms with Crippen LogP contribution in [-0.4, -0.2) is 35.9 Å². The summed E-state index contributed by atoms with van der Waals surface area (Å²) in [5.41, 5.74) is 5.33. The number of thiophene rings is 1. The van der Waals surface area contributed by atoms with Crippen molar-refractivity contribution in [2.45, 2.75) is 66.0 Å². The lowest BCUT2D eigenvalue weighted by atomic mass is 9.80. The van der Waals surface area contributed by atoms with Gasteiger partial charge in [0.25, 0.3) is 11.5 Å². The zero-order valence-corrected chi connectivity index (χ0v) is 20.4. The standard InChI is InChI=1S/C25H35N3O2S/c1-7-20(18-8-10-19(11-9-18)28(5)6)23-17(4)22(14-31-23)24(29)26-13-21-15(2)12-16(3)27-25(21)30/h7,12,14,18-19H,8-11,13H2,1-6H3,(H,26,29)(H,27,30)/b20-7+.